The Hall–Kier alpha value is -1.59. The van der Waals surface area contributed by atoms with Gasteiger partial charge in [-0.05, 0) is 76.2 Å². The maximum atomic E-state index is 12.4. The van der Waals surface area contributed by atoms with Crippen LogP contribution in [0.25, 0.3) is 0 Å². The van der Waals surface area contributed by atoms with Gasteiger partial charge in [-0.3, -0.25) is 9.59 Å². The molecule has 1 unspecified atom stereocenters. The number of carbonyl (C=O) groups is 2. The van der Waals surface area contributed by atoms with Gasteiger partial charge in [0, 0.05) is 23.7 Å². The molecule has 1 atom stereocenters. The van der Waals surface area contributed by atoms with Crippen LogP contribution in [0.15, 0.2) is 18.2 Å². The molecule has 1 aromatic rings. The minimum absolute atomic E-state index is 0. The van der Waals surface area contributed by atoms with Gasteiger partial charge in [0.05, 0.1) is 0 Å². The maximum Gasteiger partial charge on any atom is 0.251 e. The second-order valence-corrected chi connectivity index (χ2v) is 7.47. The smallest absolute Gasteiger partial charge is 0.251 e. The van der Waals surface area contributed by atoms with Crippen LogP contribution in [0.4, 0.5) is 5.69 Å². The normalized spacial score (nSPS) is 15.9. The first-order valence-electron chi connectivity index (χ1n) is 9.29. The highest BCUT2D eigenvalue weighted by Crippen LogP contribution is 2.25. The summed E-state index contributed by atoms with van der Waals surface area (Å²) in [5.74, 6) is 0.894. The van der Waals surface area contributed by atoms with Gasteiger partial charge in [-0.2, -0.15) is 0 Å². The molecule has 0 bridgehead atoms. The summed E-state index contributed by atoms with van der Waals surface area (Å²) in [6, 6.07) is 5.58. The Labute approximate surface area is 163 Å². The monoisotopic (exact) mass is 381 g/mol. The molecule has 0 radical (unpaired) electrons. The van der Waals surface area contributed by atoms with Crippen LogP contribution < -0.4 is 16.0 Å². The topological polar surface area (TPSA) is 70.2 Å². The lowest BCUT2D eigenvalue weighted by molar-refractivity contribution is -0.117. The molecule has 146 valence electrons. The number of hydrogen-bond acceptors (Lipinski definition) is 3. The van der Waals surface area contributed by atoms with Crippen molar-refractivity contribution in [2.45, 2.75) is 53.0 Å². The van der Waals surface area contributed by atoms with Gasteiger partial charge in [0.15, 0.2) is 0 Å². The minimum atomic E-state index is -0.105. The van der Waals surface area contributed by atoms with Gasteiger partial charge in [-0.15, -0.1) is 12.4 Å². The van der Waals surface area contributed by atoms with Crippen molar-refractivity contribution in [1.82, 2.24) is 10.6 Å². The Morgan fingerprint density at radius 1 is 1.19 bits per heavy atom. The third-order valence-corrected chi connectivity index (χ3v) is 4.88. The zero-order chi connectivity index (χ0) is 18.4. The predicted octanol–water partition coefficient (Wildman–Crippen LogP) is 3.52. The van der Waals surface area contributed by atoms with Crippen LogP contribution in [0.5, 0.6) is 0 Å². The van der Waals surface area contributed by atoms with Crippen LogP contribution in [0.1, 0.15) is 56.0 Å². The lowest BCUT2D eigenvalue weighted by atomic mass is 9.84. The number of amides is 2. The molecule has 1 aromatic carbocycles. The van der Waals surface area contributed by atoms with Crippen LogP contribution in [-0.4, -0.2) is 30.9 Å². The van der Waals surface area contributed by atoms with Gasteiger partial charge in [0.25, 0.3) is 5.91 Å². The molecule has 0 aromatic heterocycles. The van der Waals surface area contributed by atoms with Gasteiger partial charge < -0.3 is 16.0 Å². The Bertz CT molecular complexity index is 613. The highest BCUT2D eigenvalue weighted by Gasteiger charge is 2.22. The molecule has 1 fully saturated rings. The van der Waals surface area contributed by atoms with E-state index in [1.54, 1.807) is 6.07 Å². The van der Waals surface area contributed by atoms with E-state index >= 15 is 0 Å². The van der Waals surface area contributed by atoms with Crippen molar-refractivity contribution < 1.29 is 9.59 Å². The molecule has 0 spiro atoms. The summed E-state index contributed by atoms with van der Waals surface area (Å²) in [5.41, 5.74) is 2.19. The summed E-state index contributed by atoms with van der Waals surface area (Å²) < 4.78 is 0. The van der Waals surface area contributed by atoms with E-state index in [2.05, 4.69) is 22.9 Å². The lowest BCUT2D eigenvalue weighted by Gasteiger charge is -2.27. The van der Waals surface area contributed by atoms with Crippen molar-refractivity contribution in [1.29, 1.82) is 0 Å². The molecule has 1 heterocycles. The number of carbonyl (C=O) groups excluding carboxylic acids is 2. The standard InChI is InChI=1S/C20H31N3O2.ClH/c1-13(2)22-20(25)18-12-17(6-5-14(18)3)23-19(24)11-15(4)16-7-9-21-10-8-16;/h5-6,12-13,15-16,21H,7-11H2,1-4H3,(H,22,25)(H,23,24);1H. The van der Waals surface area contributed by atoms with E-state index in [0.717, 1.165) is 31.5 Å². The van der Waals surface area contributed by atoms with Crippen molar-refractivity contribution >= 4 is 29.9 Å². The maximum absolute atomic E-state index is 12.4. The van der Waals surface area contributed by atoms with Crippen LogP contribution in [-0.2, 0) is 4.79 Å². The van der Waals surface area contributed by atoms with Gasteiger partial charge >= 0.3 is 0 Å². The number of nitrogens with one attached hydrogen (secondary N) is 3. The Kier molecular flexibility index (Phi) is 9.09. The quantitative estimate of drug-likeness (QED) is 0.706. The third kappa shape index (κ3) is 6.61. The number of halogens is 1. The molecule has 6 heteroatoms. The summed E-state index contributed by atoms with van der Waals surface area (Å²) >= 11 is 0. The Morgan fingerprint density at radius 3 is 2.46 bits per heavy atom. The lowest BCUT2D eigenvalue weighted by Crippen LogP contribution is -2.32. The molecule has 5 nitrogen and oxygen atoms in total. The largest absolute Gasteiger partial charge is 0.350 e. The second-order valence-electron chi connectivity index (χ2n) is 7.47. The number of aryl methyl sites for hydroxylation is 1. The van der Waals surface area contributed by atoms with E-state index in [1.165, 1.54) is 0 Å². The fraction of sp³-hybridized carbons (Fsp3) is 0.600. The van der Waals surface area contributed by atoms with Gasteiger partial charge in [0.1, 0.15) is 0 Å². The SMILES string of the molecule is Cc1ccc(NC(=O)CC(C)C2CCNCC2)cc1C(=O)NC(C)C.Cl. The average Bonchev–Trinajstić information content (AvgIpc) is 2.56. The van der Waals surface area contributed by atoms with Crippen molar-refractivity contribution in [2.24, 2.45) is 11.8 Å². The van der Waals surface area contributed by atoms with E-state index in [1.807, 2.05) is 32.9 Å². The highest BCUT2D eigenvalue weighted by molar-refractivity contribution is 5.98. The van der Waals surface area contributed by atoms with Gasteiger partial charge in [-0.1, -0.05) is 13.0 Å². The first kappa shape index (κ1) is 22.5. The first-order chi connectivity index (χ1) is 11.9. The van der Waals surface area contributed by atoms with Crippen LogP contribution >= 0.6 is 12.4 Å². The first-order valence-corrected chi connectivity index (χ1v) is 9.29. The fourth-order valence-electron chi connectivity index (χ4n) is 3.37. The van der Waals surface area contributed by atoms with E-state index in [-0.39, 0.29) is 30.3 Å². The summed E-state index contributed by atoms with van der Waals surface area (Å²) in [5, 5.41) is 9.21. The number of rotatable bonds is 6. The third-order valence-electron chi connectivity index (χ3n) is 4.88. The second kappa shape index (κ2) is 10.5. The minimum Gasteiger partial charge on any atom is -0.350 e. The number of piperidine rings is 1. The molecule has 0 saturated carbocycles. The summed E-state index contributed by atoms with van der Waals surface area (Å²) in [7, 11) is 0. The average molecular weight is 382 g/mol. The van der Waals surface area contributed by atoms with Crippen molar-refractivity contribution in [3.05, 3.63) is 29.3 Å². The molecule has 1 saturated heterocycles. The van der Waals surface area contributed by atoms with E-state index in [0.29, 0.717) is 29.5 Å². The molecule has 3 N–H and O–H groups in total. The molecule has 1 aliphatic heterocycles. The summed E-state index contributed by atoms with van der Waals surface area (Å²) in [6.07, 6.45) is 2.79. The van der Waals surface area contributed by atoms with E-state index in [4.69, 9.17) is 0 Å². The molecular formula is C20H32ClN3O2. The van der Waals surface area contributed by atoms with Crippen molar-refractivity contribution in [3.8, 4) is 0 Å². The molecule has 2 amide bonds. The molecule has 2 rings (SSSR count). The fourth-order valence-corrected chi connectivity index (χ4v) is 3.37. The van der Waals surface area contributed by atoms with Gasteiger partial charge in [-0.25, -0.2) is 0 Å². The van der Waals surface area contributed by atoms with Crippen molar-refractivity contribution in [2.75, 3.05) is 18.4 Å². The number of hydrogen-bond donors (Lipinski definition) is 3. The van der Waals surface area contributed by atoms with Crippen molar-refractivity contribution in [3.63, 3.8) is 0 Å². The summed E-state index contributed by atoms with van der Waals surface area (Å²) in [4.78, 5) is 24.7. The molecule has 1 aliphatic rings. The summed E-state index contributed by atoms with van der Waals surface area (Å²) in [6.45, 7) is 10.0. The van der Waals surface area contributed by atoms with Crippen LogP contribution in [0, 0.1) is 18.8 Å². The Balaban J connectivity index is 0.00000338. The van der Waals surface area contributed by atoms with Crippen LogP contribution in [0.2, 0.25) is 0 Å². The predicted molar refractivity (Wildman–Crippen MR) is 109 cm³/mol. The van der Waals surface area contributed by atoms with E-state index < -0.39 is 0 Å². The zero-order valence-corrected chi connectivity index (χ0v) is 17.0. The number of benzene rings is 1. The zero-order valence-electron chi connectivity index (χ0n) is 16.2. The number of anilines is 1. The van der Waals surface area contributed by atoms with Crippen LogP contribution in [0.3, 0.4) is 0 Å². The highest BCUT2D eigenvalue weighted by atomic mass is 35.5. The molecular weight excluding hydrogens is 350 g/mol. The Morgan fingerprint density at radius 2 is 1.85 bits per heavy atom. The molecule has 0 aliphatic carbocycles. The van der Waals surface area contributed by atoms with Gasteiger partial charge in [0.2, 0.25) is 5.91 Å². The van der Waals surface area contributed by atoms with E-state index in [9.17, 15) is 9.59 Å². The molecule has 26 heavy (non-hydrogen) atoms.